The van der Waals surface area contributed by atoms with Gasteiger partial charge in [0.1, 0.15) is 11.6 Å². The highest BCUT2D eigenvalue weighted by atomic mass is 32.2. The van der Waals surface area contributed by atoms with E-state index in [0.717, 1.165) is 34.9 Å². The van der Waals surface area contributed by atoms with Gasteiger partial charge in [-0.05, 0) is 44.9 Å². The lowest BCUT2D eigenvalue weighted by molar-refractivity contribution is -0.120. The molecular weight excluding hydrogens is 362 g/mol. The number of aryl methyl sites for hydroxylation is 2. The summed E-state index contributed by atoms with van der Waals surface area (Å²) in [6.45, 7) is 6.28. The fourth-order valence-corrected chi connectivity index (χ4v) is 3.68. The van der Waals surface area contributed by atoms with Crippen LogP contribution >= 0.6 is 11.8 Å². The number of methoxy groups -OCH3 is 1. The minimum absolute atomic E-state index is 0.0250. The predicted octanol–water partition coefficient (Wildman–Crippen LogP) is 2.59. The van der Waals surface area contributed by atoms with Gasteiger partial charge in [0.2, 0.25) is 5.91 Å². The van der Waals surface area contributed by atoms with E-state index in [1.807, 2.05) is 55.5 Å². The third-order valence-electron chi connectivity index (χ3n) is 4.18. The molecule has 0 fully saturated rings. The summed E-state index contributed by atoms with van der Waals surface area (Å²) in [5, 5.41) is 11.8. The number of carbonyl (C=O) groups is 1. The monoisotopic (exact) mass is 385 g/mol. The maximum atomic E-state index is 12.4. The first kappa shape index (κ1) is 19.2. The smallest absolute Gasteiger partial charge is 0.233 e. The molecule has 0 aliphatic rings. The molecule has 0 saturated heterocycles. The second-order valence-electron chi connectivity index (χ2n) is 6.27. The Labute approximate surface area is 162 Å². The molecule has 0 spiro atoms. The Bertz CT molecular complexity index is 939. The van der Waals surface area contributed by atoms with E-state index in [0.29, 0.717) is 11.7 Å². The molecule has 1 aromatic carbocycles. The molecule has 27 heavy (non-hydrogen) atoms. The number of carbonyl (C=O) groups excluding carboxylic acids is 1. The molecule has 2 heterocycles. The summed E-state index contributed by atoms with van der Waals surface area (Å²) in [6.07, 6.45) is 0.767. The van der Waals surface area contributed by atoms with Crippen molar-refractivity contribution in [2.75, 3.05) is 13.7 Å². The number of thioether (sulfide) groups is 1. The van der Waals surface area contributed by atoms with Crippen LogP contribution in [0.1, 0.15) is 24.0 Å². The number of fused-ring (bicyclic) bond motifs is 1. The normalized spacial score (nSPS) is 12.1. The van der Waals surface area contributed by atoms with Gasteiger partial charge in [0.15, 0.2) is 10.8 Å². The summed E-state index contributed by atoms with van der Waals surface area (Å²) in [5.74, 6) is 1.61. The highest BCUT2D eigenvalue weighted by Crippen LogP contribution is 2.23. The molecule has 8 heteroatoms. The Kier molecular flexibility index (Phi) is 5.95. The first-order valence-corrected chi connectivity index (χ1v) is 9.62. The van der Waals surface area contributed by atoms with Crippen LogP contribution in [0.2, 0.25) is 0 Å². The summed E-state index contributed by atoms with van der Waals surface area (Å²) in [4.78, 5) is 16.9. The molecule has 0 aliphatic heterocycles. The number of nitrogens with zero attached hydrogens (tertiary/aromatic N) is 4. The first-order valence-electron chi connectivity index (χ1n) is 8.74. The lowest BCUT2D eigenvalue weighted by Gasteiger charge is -2.11. The van der Waals surface area contributed by atoms with Gasteiger partial charge in [0.25, 0.3) is 0 Å². The molecule has 142 valence electrons. The minimum atomic E-state index is -0.283. The molecule has 0 radical (unpaired) electrons. The molecular formula is C19H23N5O2S. The van der Waals surface area contributed by atoms with Crippen LogP contribution < -0.4 is 10.1 Å². The summed E-state index contributed by atoms with van der Waals surface area (Å²) in [7, 11) is 1.64. The van der Waals surface area contributed by atoms with Crippen LogP contribution in [0.5, 0.6) is 5.75 Å². The molecule has 7 nitrogen and oxygen atoms in total. The standard InChI is InChI=1S/C19H23N5O2S/c1-12-11-17-22-23-19(24(17)14(3)21-12)27-13(2)18(25)20-10-9-15-5-7-16(26-4)8-6-15/h5-8,11,13H,9-10H2,1-4H3,(H,20,25). The third-order valence-corrected chi connectivity index (χ3v) is 5.22. The topological polar surface area (TPSA) is 81.4 Å². The van der Waals surface area contributed by atoms with Gasteiger partial charge in [0.05, 0.1) is 12.4 Å². The van der Waals surface area contributed by atoms with Crippen molar-refractivity contribution in [1.82, 2.24) is 24.9 Å². The zero-order valence-corrected chi connectivity index (χ0v) is 16.7. The second kappa shape index (κ2) is 8.39. The number of hydrogen-bond acceptors (Lipinski definition) is 6. The van der Waals surface area contributed by atoms with Crippen molar-refractivity contribution in [1.29, 1.82) is 0 Å². The summed E-state index contributed by atoms with van der Waals surface area (Å²) in [6, 6.07) is 9.73. The summed E-state index contributed by atoms with van der Waals surface area (Å²) in [5.41, 5.74) is 2.79. The van der Waals surface area contributed by atoms with Crippen molar-refractivity contribution in [2.45, 2.75) is 37.6 Å². The summed E-state index contributed by atoms with van der Waals surface area (Å²) < 4.78 is 7.02. The van der Waals surface area contributed by atoms with Gasteiger partial charge in [-0.2, -0.15) is 0 Å². The van der Waals surface area contributed by atoms with Crippen LogP contribution in [0.4, 0.5) is 0 Å². The number of hydrogen-bond donors (Lipinski definition) is 1. The largest absolute Gasteiger partial charge is 0.497 e. The number of nitrogens with one attached hydrogen (secondary N) is 1. The van der Waals surface area contributed by atoms with Crippen molar-refractivity contribution in [3.63, 3.8) is 0 Å². The van der Waals surface area contributed by atoms with Gasteiger partial charge in [-0.15, -0.1) is 10.2 Å². The molecule has 3 aromatic rings. The number of amides is 1. The van der Waals surface area contributed by atoms with E-state index in [9.17, 15) is 4.79 Å². The highest BCUT2D eigenvalue weighted by Gasteiger charge is 2.18. The Morgan fingerprint density at radius 2 is 2.00 bits per heavy atom. The minimum Gasteiger partial charge on any atom is -0.497 e. The average molecular weight is 385 g/mol. The molecule has 0 bridgehead atoms. The van der Waals surface area contributed by atoms with Gasteiger partial charge >= 0.3 is 0 Å². The molecule has 3 rings (SSSR count). The van der Waals surface area contributed by atoms with Crippen molar-refractivity contribution < 1.29 is 9.53 Å². The van der Waals surface area contributed by atoms with E-state index in [1.165, 1.54) is 11.8 Å². The number of benzene rings is 1. The van der Waals surface area contributed by atoms with Gasteiger partial charge in [-0.1, -0.05) is 23.9 Å². The second-order valence-corrected chi connectivity index (χ2v) is 7.58. The van der Waals surface area contributed by atoms with Crippen LogP contribution in [-0.4, -0.2) is 44.4 Å². The summed E-state index contributed by atoms with van der Waals surface area (Å²) >= 11 is 1.38. The van der Waals surface area contributed by atoms with Crippen molar-refractivity contribution in [2.24, 2.45) is 0 Å². The number of aromatic nitrogens is 4. The number of ether oxygens (including phenoxy) is 1. The van der Waals surface area contributed by atoms with Crippen LogP contribution in [0.3, 0.4) is 0 Å². The SMILES string of the molecule is COc1ccc(CCNC(=O)C(C)Sc2nnc3cc(C)nc(C)n23)cc1. The third kappa shape index (κ3) is 4.57. The molecule has 1 unspecified atom stereocenters. The van der Waals surface area contributed by atoms with E-state index >= 15 is 0 Å². The van der Waals surface area contributed by atoms with Gasteiger partial charge < -0.3 is 10.1 Å². The van der Waals surface area contributed by atoms with Crippen LogP contribution in [0, 0.1) is 13.8 Å². The molecule has 1 N–H and O–H groups in total. The molecule has 1 atom stereocenters. The van der Waals surface area contributed by atoms with Gasteiger partial charge in [-0.3, -0.25) is 9.20 Å². The fourth-order valence-electron chi connectivity index (χ4n) is 2.76. The lowest BCUT2D eigenvalue weighted by atomic mass is 10.1. The number of rotatable bonds is 7. The van der Waals surface area contributed by atoms with Crippen molar-refractivity contribution in [3.8, 4) is 5.75 Å². The van der Waals surface area contributed by atoms with Crippen molar-refractivity contribution >= 4 is 23.3 Å². The van der Waals surface area contributed by atoms with E-state index in [2.05, 4.69) is 20.5 Å². The van der Waals surface area contributed by atoms with E-state index < -0.39 is 0 Å². The van der Waals surface area contributed by atoms with Gasteiger partial charge in [0, 0.05) is 18.3 Å². The fraction of sp³-hybridized carbons (Fsp3) is 0.368. The first-order chi connectivity index (χ1) is 13.0. The van der Waals surface area contributed by atoms with E-state index in [1.54, 1.807) is 7.11 Å². The average Bonchev–Trinajstić information content (AvgIpc) is 3.04. The Morgan fingerprint density at radius 1 is 1.26 bits per heavy atom. The molecule has 2 aromatic heterocycles. The van der Waals surface area contributed by atoms with Crippen molar-refractivity contribution in [3.05, 3.63) is 47.4 Å². The van der Waals surface area contributed by atoms with E-state index in [-0.39, 0.29) is 11.2 Å². The highest BCUT2D eigenvalue weighted by molar-refractivity contribution is 8.00. The maximum Gasteiger partial charge on any atom is 0.233 e. The Morgan fingerprint density at radius 3 is 2.70 bits per heavy atom. The predicted molar refractivity (Wildman–Crippen MR) is 105 cm³/mol. The maximum absolute atomic E-state index is 12.4. The van der Waals surface area contributed by atoms with Gasteiger partial charge in [-0.25, -0.2) is 4.98 Å². The molecule has 0 saturated carbocycles. The Balaban J connectivity index is 1.56. The van der Waals surface area contributed by atoms with Crippen LogP contribution in [0.25, 0.3) is 5.65 Å². The molecule has 0 aliphatic carbocycles. The zero-order valence-electron chi connectivity index (χ0n) is 15.9. The van der Waals surface area contributed by atoms with E-state index in [4.69, 9.17) is 4.74 Å². The quantitative estimate of drug-likeness (QED) is 0.630. The zero-order chi connectivity index (χ0) is 19.4. The van der Waals surface area contributed by atoms with Crippen LogP contribution in [0.15, 0.2) is 35.5 Å². The lowest BCUT2D eigenvalue weighted by Crippen LogP contribution is -2.32. The van der Waals surface area contributed by atoms with Crippen LogP contribution in [-0.2, 0) is 11.2 Å². The Hall–Kier alpha value is -2.61. The molecule has 1 amide bonds.